The van der Waals surface area contributed by atoms with Gasteiger partial charge >= 0.3 is 0 Å². The van der Waals surface area contributed by atoms with Gasteiger partial charge in [0.1, 0.15) is 0 Å². The Balaban J connectivity index is 2.59. The molecule has 0 aliphatic carbocycles. The maximum atomic E-state index is 8.07. The number of hydrogen-bond acceptors (Lipinski definition) is 2. The first kappa shape index (κ1) is 11.1. The number of azide groups is 1. The lowest BCUT2D eigenvalue weighted by Crippen LogP contribution is -1.86. The molecule has 4 nitrogen and oxygen atoms in total. The summed E-state index contributed by atoms with van der Waals surface area (Å²) in [6, 6.07) is 5.90. The Hall–Kier alpha value is -1.93. The first-order valence-electron chi connectivity index (χ1n) is 4.77. The van der Waals surface area contributed by atoms with Gasteiger partial charge in [-0.3, -0.25) is 0 Å². The number of benzene rings is 1. The third kappa shape index (κ3) is 4.20. The van der Waals surface area contributed by atoms with E-state index >= 15 is 0 Å². The summed E-state index contributed by atoms with van der Waals surface area (Å²) in [5.41, 5.74) is 16.8. The van der Waals surface area contributed by atoms with Crippen LogP contribution in [0.1, 0.15) is 17.5 Å². The van der Waals surface area contributed by atoms with Crippen LogP contribution in [0.4, 0.5) is 5.69 Å². The van der Waals surface area contributed by atoms with Gasteiger partial charge in [0, 0.05) is 17.1 Å². The Bertz CT molecular complexity index is 383. The Morgan fingerprint density at radius 3 is 2.93 bits per heavy atom. The van der Waals surface area contributed by atoms with Crippen molar-refractivity contribution >= 4 is 11.8 Å². The van der Waals surface area contributed by atoms with Crippen LogP contribution in [0.2, 0.25) is 0 Å². The number of nitrogen functional groups attached to an aromatic ring is 1. The molecule has 0 aliphatic rings. The van der Waals surface area contributed by atoms with Crippen molar-refractivity contribution in [1.29, 1.82) is 0 Å². The van der Waals surface area contributed by atoms with Gasteiger partial charge in [0.05, 0.1) is 0 Å². The van der Waals surface area contributed by atoms with Crippen molar-refractivity contribution in [2.45, 2.75) is 13.3 Å². The van der Waals surface area contributed by atoms with Gasteiger partial charge < -0.3 is 5.73 Å². The van der Waals surface area contributed by atoms with Crippen molar-refractivity contribution < 1.29 is 0 Å². The van der Waals surface area contributed by atoms with Crippen LogP contribution in [0.25, 0.3) is 16.5 Å². The van der Waals surface area contributed by atoms with Crippen molar-refractivity contribution in [3.8, 4) is 0 Å². The second kappa shape index (κ2) is 5.73. The highest BCUT2D eigenvalue weighted by atomic mass is 15.1. The van der Waals surface area contributed by atoms with Crippen molar-refractivity contribution in [1.82, 2.24) is 0 Å². The largest absolute Gasteiger partial charge is 0.399 e. The average Bonchev–Trinajstić information content (AvgIpc) is 2.16. The van der Waals surface area contributed by atoms with Crippen LogP contribution >= 0.6 is 0 Å². The maximum Gasteiger partial charge on any atom is 0.0322 e. The minimum absolute atomic E-state index is 0.494. The number of anilines is 1. The summed E-state index contributed by atoms with van der Waals surface area (Å²) < 4.78 is 0. The fourth-order valence-corrected chi connectivity index (χ4v) is 1.34. The molecule has 0 saturated carbocycles. The fourth-order valence-electron chi connectivity index (χ4n) is 1.34. The van der Waals surface area contributed by atoms with E-state index in [1.807, 2.05) is 31.2 Å². The standard InChI is InChI=1S/C11H14N4/c1-9-6-10(8-11(12)7-9)4-2-3-5-14-15-13/h2,4,6-8H,3,5,12H2,1H3. The number of nitrogens with zero attached hydrogens (tertiary/aromatic N) is 3. The molecular formula is C11H14N4. The van der Waals surface area contributed by atoms with Crippen LogP contribution in [0.15, 0.2) is 29.4 Å². The molecule has 78 valence electrons. The lowest BCUT2D eigenvalue weighted by Gasteiger charge is -1.99. The zero-order chi connectivity index (χ0) is 11.1. The first-order chi connectivity index (χ1) is 7.22. The molecule has 1 aromatic carbocycles. The van der Waals surface area contributed by atoms with E-state index in [4.69, 9.17) is 11.3 Å². The Kier molecular flexibility index (Phi) is 4.26. The topological polar surface area (TPSA) is 74.8 Å². The molecule has 0 saturated heterocycles. The monoisotopic (exact) mass is 202 g/mol. The van der Waals surface area contributed by atoms with Crippen LogP contribution in [-0.4, -0.2) is 6.54 Å². The quantitative estimate of drug-likeness (QED) is 0.263. The van der Waals surface area contributed by atoms with Crippen molar-refractivity contribution in [2.75, 3.05) is 12.3 Å². The second-order valence-corrected chi connectivity index (χ2v) is 3.32. The summed E-state index contributed by atoms with van der Waals surface area (Å²) in [5.74, 6) is 0. The Labute approximate surface area is 89.0 Å². The zero-order valence-corrected chi connectivity index (χ0v) is 8.72. The number of nitrogens with two attached hydrogens (primary N) is 1. The molecule has 0 fully saturated rings. The fraction of sp³-hybridized carbons (Fsp3) is 0.273. The van der Waals surface area contributed by atoms with E-state index in [1.54, 1.807) is 0 Å². The molecule has 2 N–H and O–H groups in total. The van der Waals surface area contributed by atoms with Gasteiger partial charge in [0.25, 0.3) is 0 Å². The van der Waals surface area contributed by atoms with E-state index in [0.29, 0.717) is 6.54 Å². The summed E-state index contributed by atoms with van der Waals surface area (Å²) >= 11 is 0. The highest BCUT2D eigenvalue weighted by molar-refractivity contribution is 5.57. The van der Waals surface area contributed by atoms with Crippen LogP contribution in [-0.2, 0) is 0 Å². The molecule has 0 unspecified atom stereocenters. The predicted octanol–water partition coefficient (Wildman–Crippen LogP) is 3.29. The summed E-state index contributed by atoms with van der Waals surface area (Å²) in [7, 11) is 0. The van der Waals surface area contributed by atoms with Crippen LogP contribution < -0.4 is 5.73 Å². The molecule has 4 heteroatoms. The SMILES string of the molecule is Cc1cc(N)cc(C=CCCN=[N+]=[N-])c1. The van der Waals surface area contributed by atoms with E-state index in [1.165, 1.54) is 0 Å². The lowest BCUT2D eigenvalue weighted by atomic mass is 10.1. The molecule has 0 bridgehead atoms. The molecule has 0 radical (unpaired) electrons. The highest BCUT2D eigenvalue weighted by Crippen LogP contribution is 2.12. The van der Waals surface area contributed by atoms with Crippen molar-refractivity contribution in [3.63, 3.8) is 0 Å². The smallest absolute Gasteiger partial charge is 0.0322 e. The van der Waals surface area contributed by atoms with Gasteiger partial charge in [0.15, 0.2) is 0 Å². The molecule has 15 heavy (non-hydrogen) atoms. The van der Waals surface area contributed by atoms with Gasteiger partial charge in [-0.2, -0.15) is 0 Å². The Morgan fingerprint density at radius 2 is 2.27 bits per heavy atom. The third-order valence-electron chi connectivity index (χ3n) is 1.89. The van der Waals surface area contributed by atoms with Gasteiger partial charge in [0.2, 0.25) is 0 Å². The predicted molar refractivity (Wildman–Crippen MR) is 63.3 cm³/mol. The van der Waals surface area contributed by atoms with E-state index in [0.717, 1.165) is 23.2 Å². The summed E-state index contributed by atoms with van der Waals surface area (Å²) in [6.45, 7) is 2.50. The molecular weight excluding hydrogens is 188 g/mol. The molecule has 1 rings (SSSR count). The summed E-state index contributed by atoms with van der Waals surface area (Å²) in [5, 5.41) is 3.44. The second-order valence-electron chi connectivity index (χ2n) is 3.32. The summed E-state index contributed by atoms with van der Waals surface area (Å²) in [6.07, 6.45) is 4.71. The van der Waals surface area contributed by atoms with Crippen molar-refractivity contribution in [2.24, 2.45) is 5.11 Å². The van der Waals surface area contributed by atoms with Gasteiger partial charge in [-0.15, -0.1) is 0 Å². The average molecular weight is 202 g/mol. The van der Waals surface area contributed by atoms with Crippen LogP contribution in [0.3, 0.4) is 0 Å². The molecule has 1 aromatic rings. The number of hydrogen-bond donors (Lipinski definition) is 1. The number of aryl methyl sites for hydroxylation is 1. The molecule has 0 aromatic heterocycles. The van der Waals surface area contributed by atoms with E-state index in [2.05, 4.69) is 16.1 Å². The van der Waals surface area contributed by atoms with Gasteiger partial charge in [-0.05, 0) is 42.1 Å². The van der Waals surface area contributed by atoms with Crippen LogP contribution in [0.5, 0.6) is 0 Å². The van der Waals surface area contributed by atoms with E-state index < -0.39 is 0 Å². The molecule has 0 spiro atoms. The minimum Gasteiger partial charge on any atom is -0.399 e. The Morgan fingerprint density at radius 1 is 1.47 bits per heavy atom. The lowest BCUT2D eigenvalue weighted by molar-refractivity contribution is 0.996. The minimum atomic E-state index is 0.494. The van der Waals surface area contributed by atoms with Crippen LogP contribution in [0, 0.1) is 6.92 Å². The zero-order valence-electron chi connectivity index (χ0n) is 8.72. The highest BCUT2D eigenvalue weighted by Gasteiger charge is 1.91. The van der Waals surface area contributed by atoms with Crippen molar-refractivity contribution in [3.05, 3.63) is 45.8 Å². The van der Waals surface area contributed by atoms with E-state index in [-0.39, 0.29) is 0 Å². The molecule has 0 heterocycles. The first-order valence-corrected chi connectivity index (χ1v) is 4.77. The molecule has 0 atom stereocenters. The molecule has 0 aliphatic heterocycles. The number of rotatable bonds is 4. The normalized spacial score (nSPS) is 10.2. The summed E-state index contributed by atoms with van der Waals surface area (Å²) in [4.78, 5) is 2.68. The maximum absolute atomic E-state index is 8.07. The van der Waals surface area contributed by atoms with E-state index in [9.17, 15) is 0 Å². The third-order valence-corrected chi connectivity index (χ3v) is 1.89. The van der Waals surface area contributed by atoms with Gasteiger partial charge in [-0.25, -0.2) is 0 Å². The molecule has 0 amide bonds. The van der Waals surface area contributed by atoms with Gasteiger partial charge in [-0.1, -0.05) is 23.3 Å².